The predicted molar refractivity (Wildman–Crippen MR) is 140 cm³/mol. The van der Waals surface area contributed by atoms with Crippen LogP contribution in [0.25, 0.3) is 22.2 Å². The zero-order valence-electron chi connectivity index (χ0n) is 20.8. The van der Waals surface area contributed by atoms with Gasteiger partial charge < -0.3 is 10.3 Å². The lowest BCUT2D eigenvalue weighted by Gasteiger charge is -2.06. The van der Waals surface area contributed by atoms with Crippen LogP contribution < -0.4 is 5.32 Å². The Morgan fingerprint density at radius 3 is 2.74 bits per heavy atom. The Labute approximate surface area is 218 Å². The number of aromatic amines is 1. The van der Waals surface area contributed by atoms with Crippen molar-refractivity contribution < 1.29 is 9.18 Å². The molecule has 1 saturated carbocycles. The number of nitrogens with zero attached hydrogens (tertiary/aromatic N) is 6. The first-order valence-electron chi connectivity index (χ1n) is 12.9. The largest absolute Gasteiger partial charge is 0.345 e. The first-order chi connectivity index (χ1) is 18.7. The maximum atomic E-state index is 14.7. The number of halogens is 1. The van der Waals surface area contributed by atoms with Crippen molar-refractivity contribution in [3.8, 4) is 11.1 Å². The smallest absolute Gasteiger partial charge is 0.273 e. The molecule has 0 unspecified atom stereocenters. The van der Waals surface area contributed by atoms with Crippen molar-refractivity contribution in [2.24, 2.45) is 0 Å². The lowest BCUT2D eigenvalue weighted by Crippen LogP contribution is -2.23. The van der Waals surface area contributed by atoms with E-state index in [-0.39, 0.29) is 17.4 Å². The average molecular weight is 511 g/mol. The van der Waals surface area contributed by atoms with E-state index in [1.165, 1.54) is 6.07 Å². The fourth-order valence-electron chi connectivity index (χ4n) is 4.66. The first-order valence-corrected chi connectivity index (χ1v) is 12.9. The summed E-state index contributed by atoms with van der Waals surface area (Å²) in [5, 5.41) is 20.6. The summed E-state index contributed by atoms with van der Waals surface area (Å²) in [7, 11) is 0. The van der Waals surface area contributed by atoms with Gasteiger partial charge in [-0.1, -0.05) is 29.5 Å². The van der Waals surface area contributed by atoms with Gasteiger partial charge in [0.1, 0.15) is 5.82 Å². The molecular weight excluding hydrogens is 483 g/mol. The zero-order chi connectivity index (χ0) is 25.9. The number of unbranched alkanes of at least 4 members (excludes halogenated alkanes) is 1. The van der Waals surface area contributed by atoms with Crippen LogP contribution in [-0.4, -0.2) is 41.1 Å². The van der Waals surface area contributed by atoms with Crippen LogP contribution in [0.2, 0.25) is 0 Å². The number of carbonyl (C=O) groups is 1. The van der Waals surface area contributed by atoms with Gasteiger partial charge in [0.05, 0.1) is 24.1 Å². The van der Waals surface area contributed by atoms with Gasteiger partial charge in [0.2, 0.25) is 0 Å². The van der Waals surface area contributed by atoms with Gasteiger partial charge in [0.25, 0.3) is 5.91 Å². The predicted octanol–water partition coefficient (Wildman–Crippen LogP) is 4.58. The van der Waals surface area contributed by atoms with Gasteiger partial charge in [-0.2, -0.15) is 5.10 Å². The summed E-state index contributed by atoms with van der Waals surface area (Å²) in [6.45, 7) is 0.965. The number of carbonyl (C=O) groups excluding carboxylic acids is 1. The minimum atomic E-state index is -0.284. The Morgan fingerprint density at radius 2 is 1.92 bits per heavy atom. The zero-order valence-corrected chi connectivity index (χ0v) is 20.8. The van der Waals surface area contributed by atoms with Gasteiger partial charge in [-0.3, -0.25) is 14.5 Å². The second kappa shape index (κ2) is 10.5. The summed E-state index contributed by atoms with van der Waals surface area (Å²) in [5.41, 5.74) is 5.19. The van der Waals surface area contributed by atoms with Crippen molar-refractivity contribution >= 4 is 16.9 Å². The molecule has 38 heavy (non-hydrogen) atoms. The van der Waals surface area contributed by atoms with E-state index in [1.54, 1.807) is 23.1 Å². The number of nitrogens with one attached hydrogen (secondary N) is 2. The molecule has 10 heteroatoms. The molecule has 1 aromatic carbocycles. The fourth-order valence-corrected chi connectivity index (χ4v) is 4.66. The van der Waals surface area contributed by atoms with E-state index in [2.05, 4.69) is 35.8 Å². The average Bonchev–Trinajstić information content (AvgIpc) is 3.56. The van der Waals surface area contributed by atoms with Crippen molar-refractivity contribution in [2.75, 3.05) is 0 Å². The van der Waals surface area contributed by atoms with Crippen LogP contribution in [0, 0.1) is 5.82 Å². The Bertz CT molecular complexity index is 1570. The second-order valence-electron chi connectivity index (χ2n) is 9.59. The quantitative estimate of drug-likeness (QED) is 0.266. The number of H-pyrrole nitrogens is 1. The number of pyridine rings is 1. The van der Waals surface area contributed by atoms with Crippen LogP contribution in [0.3, 0.4) is 0 Å². The number of fused-ring (bicyclic) bond motifs is 1. The van der Waals surface area contributed by atoms with Crippen LogP contribution in [-0.2, 0) is 19.5 Å². The monoisotopic (exact) mass is 510 g/mol. The Balaban J connectivity index is 1.08. The summed E-state index contributed by atoms with van der Waals surface area (Å²) >= 11 is 0. The summed E-state index contributed by atoms with van der Waals surface area (Å²) in [5.74, 6) is -0.0913. The molecule has 0 spiro atoms. The molecule has 1 amide bonds. The number of aryl methyl sites for hydroxylation is 2. The maximum absolute atomic E-state index is 14.7. The highest BCUT2D eigenvalue weighted by Gasteiger charge is 2.30. The molecule has 192 valence electrons. The molecule has 0 bridgehead atoms. The highest BCUT2D eigenvalue weighted by Crippen LogP contribution is 2.46. The molecule has 6 rings (SSSR count). The van der Waals surface area contributed by atoms with Gasteiger partial charge in [-0.05, 0) is 62.3 Å². The number of hydrogen-bond donors (Lipinski definition) is 2. The van der Waals surface area contributed by atoms with Crippen molar-refractivity contribution in [3.63, 3.8) is 0 Å². The molecule has 2 N–H and O–H groups in total. The summed E-state index contributed by atoms with van der Waals surface area (Å²) in [6, 6.07) is 14.5. The van der Waals surface area contributed by atoms with Gasteiger partial charge >= 0.3 is 0 Å². The molecule has 1 aliphatic rings. The molecule has 0 atom stereocenters. The van der Waals surface area contributed by atoms with E-state index in [0.717, 1.165) is 60.1 Å². The van der Waals surface area contributed by atoms with Crippen LogP contribution in [0.1, 0.15) is 59.2 Å². The van der Waals surface area contributed by atoms with E-state index in [0.29, 0.717) is 30.2 Å². The third-order valence-electron chi connectivity index (χ3n) is 6.76. The van der Waals surface area contributed by atoms with Crippen LogP contribution in [0.5, 0.6) is 0 Å². The maximum Gasteiger partial charge on any atom is 0.273 e. The van der Waals surface area contributed by atoms with Crippen LogP contribution >= 0.6 is 0 Å². The highest BCUT2D eigenvalue weighted by atomic mass is 19.1. The molecule has 9 nitrogen and oxygen atoms in total. The lowest BCUT2D eigenvalue weighted by molar-refractivity contribution is 0.0945. The molecule has 4 heterocycles. The van der Waals surface area contributed by atoms with Crippen LogP contribution in [0.4, 0.5) is 4.39 Å². The van der Waals surface area contributed by atoms with Gasteiger partial charge in [-0.15, -0.1) is 10.2 Å². The van der Waals surface area contributed by atoms with Gasteiger partial charge in [0, 0.05) is 34.9 Å². The third-order valence-corrected chi connectivity index (χ3v) is 6.76. The van der Waals surface area contributed by atoms with Gasteiger partial charge in [-0.25, -0.2) is 4.39 Å². The molecular formula is C28H27FN8O. The summed E-state index contributed by atoms with van der Waals surface area (Å²) < 4.78 is 16.4. The number of benzene rings is 1. The molecule has 0 saturated heterocycles. The number of aromatic nitrogens is 7. The molecule has 1 fully saturated rings. The van der Waals surface area contributed by atoms with Gasteiger partial charge in [0.15, 0.2) is 11.3 Å². The lowest BCUT2D eigenvalue weighted by atomic mass is 9.99. The molecule has 5 aromatic rings. The Kier molecular flexibility index (Phi) is 6.60. The van der Waals surface area contributed by atoms with E-state index in [4.69, 9.17) is 0 Å². The van der Waals surface area contributed by atoms with Crippen LogP contribution in [0.15, 0.2) is 60.9 Å². The first kappa shape index (κ1) is 23.9. The number of rotatable bonds is 10. The molecule has 1 aliphatic carbocycles. The fraction of sp³-hybridized carbons (Fsp3) is 0.286. The summed E-state index contributed by atoms with van der Waals surface area (Å²) in [6.07, 6.45) is 7.96. The summed E-state index contributed by atoms with van der Waals surface area (Å²) in [4.78, 5) is 20.0. The van der Waals surface area contributed by atoms with E-state index in [1.807, 2.05) is 36.4 Å². The van der Waals surface area contributed by atoms with E-state index in [9.17, 15) is 9.18 Å². The second-order valence-corrected chi connectivity index (χ2v) is 9.59. The SMILES string of the molecule is O=C(NCc1ccccn1)c1cn(CCCCc2cc3c(-c4ccccc4F)c(C4CC4)[nH]c3nn2)nn1. The Hall–Kier alpha value is -4.47. The third kappa shape index (κ3) is 5.15. The van der Waals surface area contributed by atoms with Crippen molar-refractivity contribution in [3.05, 3.63) is 89.5 Å². The van der Waals surface area contributed by atoms with E-state index >= 15 is 0 Å². The standard InChI is InChI=1S/C28H27FN8O/c29-23-10-2-1-9-21(23)25-22-15-19(33-35-27(22)32-26(25)18-11-12-18)7-4-6-14-37-17-24(34-36-37)28(38)31-16-20-8-3-5-13-30-20/h1-3,5,8-10,13,15,17-18H,4,6-7,11-12,14,16H2,(H,31,38)(H,32,35). The minimum Gasteiger partial charge on any atom is -0.345 e. The number of hydrogen-bond acceptors (Lipinski definition) is 6. The van der Waals surface area contributed by atoms with Crippen molar-refractivity contribution in [1.29, 1.82) is 0 Å². The minimum absolute atomic E-state index is 0.230. The number of amides is 1. The molecule has 0 aliphatic heterocycles. The van der Waals surface area contributed by atoms with Crippen molar-refractivity contribution in [2.45, 2.75) is 51.1 Å². The molecule has 4 aromatic heterocycles. The topological polar surface area (TPSA) is 114 Å². The highest BCUT2D eigenvalue weighted by molar-refractivity contribution is 5.96. The molecule has 0 radical (unpaired) electrons. The van der Waals surface area contributed by atoms with Crippen molar-refractivity contribution in [1.82, 2.24) is 40.5 Å². The van der Waals surface area contributed by atoms with E-state index < -0.39 is 0 Å². The Morgan fingerprint density at radius 1 is 1.05 bits per heavy atom. The normalized spacial score (nSPS) is 13.2.